The summed E-state index contributed by atoms with van der Waals surface area (Å²) in [4.78, 5) is 14.0. The van der Waals surface area contributed by atoms with Crippen molar-refractivity contribution in [2.75, 3.05) is 39.8 Å². The van der Waals surface area contributed by atoms with Crippen LogP contribution in [0.1, 0.15) is 26.9 Å². The van der Waals surface area contributed by atoms with Gasteiger partial charge in [-0.05, 0) is 41.3 Å². The summed E-state index contributed by atoms with van der Waals surface area (Å²) in [5.41, 5.74) is 0.617. The van der Waals surface area contributed by atoms with Crippen LogP contribution in [0.5, 0.6) is 0 Å². The number of carbonyl (C=O) groups is 1. The zero-order valence-corrected chi connectivity index (χ0v) is 22.3. The van der Waals surface area contributed by atoms with Gasteiger partial charge in [0.05, 0.1) is 19.8 Å². The Morgan fingerprint density at radius 3 is 2.32 bits per heavy atom. The monoisotopic (exact) mass is 570 g/mol. The van der Waals surface area contributed by atoms with Gasteiger partial charge in [0.2, 0.25) is 10.0 Å². The van der Waals surface area contributed by atoms with E-state index in [1.807, 2.05) is 4.90 Å². The van der Waals surface area contributed by atoms with Gasteiger partial charge in [-0.1, -0.05) is 29.8 Å². The summed E-state index contributed by atoms with van der Waals surface area (Å²) >= 11 is 7.04. The number of nitrogens with zero attached hydrogens (tertiary/aromatic N) is 2. The molecule has 1 fully saturated rings. The van der Waals surface area contributed by atoms with Crippen LogP contribution in [0.4, 0.5) is 8.78 Å². The summed E-state index contributed by atoms with van der Waals surface area (Å²) in [5, 5.41) is 2.09. The minimum Gasteiger partial charge on any atom is -0.465 e. The molecule has 0 radical (unpaired) electrons. The number of rotatable bonds is 9. The van der Waals surface area contributed by atoms with Gasteiger partial charge in [-0.25, -0.2) is 22.0 Å². The average molecular weight is 571 g/mol. The van der Waals surface area contributed by atoms with Crippen LogP contribution >= 0.6 is 22.9 Å². The molecule has 0 spiro atoms. The van der Waals surface area contributed by atoms with Crippen molar-refractivity contribution >= 4 is 38.9 Å². The third kappa shape index (κ3) is 6.36. The van der Waals surface area contributed by atoms with E-state index < -0.39 is 33.7 Å². The Bertz CT molecular complexity index is 1320. The minimum absolute atomic E-state index is 0.0431. The summed E-state index contributed by atoms with van der Waals surface area (Å²) in [5.74, 6) is -2.07. The Balaban J connectivity index is 1.45. The van der Waals surface area contributed by atoms with Crippen molar-refractivity contribution in [2.45, 2.75) is 17.6 Å². The van der Waals surface area contributed by atoms with Gasteiger partial charge in [0.1, 0.15) is 21.4 Å². The van der Waals surface area contributed by atoms with E-state index in [1.165, 1.54) is 35.7 Å². The fourth-order valence-electron chi connectivity index (χ4n) is 4.05. The standard InChI is InChI=1S/C25H25ClF2N2O5S2/c1-34-25(31)24-23(9-14-36-24)37(32,33)30-12-10-29(11-13-30)15-22(17-5-7-18(26)8-6-17)35-16-19-20(27)3-2-4-21(19)28/h2-9,14,22H,10-13,15-16H2,1H3/t22-/m0/s1. The second-order valence-corrected chi connectivity index (χ2v) is 11.6. The van der Waals surface area contributed by atoms with E-state index in [0.29, 0.717) is 24.7 Å². The molecule has 7 nitrogen and oxygen atoms in total. The summed E-state index contributed by atoms with van der Waals surface area (Å²) in [7, 11) is -2.68. The van der Waals surface area contributed by atoms with Crippen LogP contribution in [0.3, 0.4) is 0 Å². The predicted octanol–water partition coefficient (Wildman–Crippen LogP) is 4.73. The summed E-state index contributed by atoms with van der Waals surface area (Å²) in [6.45, 7) is 1.31. The predicted molar refractivity (Wildman–Crippen MR) is 136 cm³/mol. The SMILES string of the molecule is COC(=O)c1sccc1S(=O)(=O)N1CCN(C[C@H](OCc2c(F)cccc2F)c2ccc(Cl)cc2)CC1. The molecular weight excluding hydrogens is 546 g/mol. The first-order valence-electron chi connectivity index (χ1n) is 11.4. The smallest absolute Gasteiger partial charge is 0.349 e. The van der Waals surface area contributed by atoms with Gasteiger partial charge in [-0.3, -0.25) is 4.90 Å². The topological polar surface area (TPSA) is 76.2 Å². The van der Waals surface area contributed by atoms with Crippen LogP contribution in [0.2, 0.25) is 5.02 Å². The Morgan fingerprint density at radius 2 is 1.70 bits per heavy atom. The van der Waals surface area contributed by atoms with Crippen LogP contribution in [0.15, 0.2) is 58.8 Å². The van der Waals surface area contributed by atoms with Gasteiger partial charge in [-0.15, -0.1) is 11.3 Å². The van der Waals surface area contributed by atoms with Gasteiger partial charge >= 0.3 is 5.97 Å². The number of esters is 1. The third-order valence-electron chi connectivity index (χ3n) is 6.11. The summed E-state index contributed by atoms with van der Waals surface area (Å²) < 4.78 is 66.7. The Morgan fingerprint density at radius 1 is 1.05 bits per heavy atom. The number of hydrogen-bond acceptors (Lipinski definition) is 7. The first-order valence-corrected chi connectivity index (χ1v) is 14.1. The zero-order valence-electron chi connectivity index (χ0n) is 19.9. The lowest BCUT2D eigenvalue weighted by atomic mass is 10.1. The lowest BCUT2D eigenvalue weighted by Crippen LogP contribution is -2.49. The van der Waals surface area contributed by atoms with Gasteiger partial charge in [0.25, 0.3) is 0 Å². The van der Waals surface area contributed by atoms with E-state index in [1.54, 1.807) is 29.6 Å². The van der Waals surface area contributed by atoms with Crippen molar-refractivity contribution in [3.05, 3.63) is 86.6 Å². The number of halogens is 3. The van der Waals surface area contributed by atoms with Crippen molar-refractivity contribution in [3.8, 4) is 0 Å². The molecule has 12 heteroatoms. The molecule has 1 saturated heterocycles. The quantitative estimate of drug-likeness (QED) is 0.346. The van der Waals surface area contributed by atoms with Crippen molar-refractivity contribution in [1.82, 2.24) is 9.21 Å². The number of piperazine rings is 1. The molecule has 1 aliphatic rings. The molecule has 37 heavy (non-hydrogen) atoms. The van der Waals surface area contributed by atoms with Gasteiger partial charge < -0.3 is 9.47 Å². The van der Waals surface area contributed by atoms with Gasteiger partial charge in [0.15, 0.2) is 0 Å². The average Bonchev–Trinajstić information content (AvgIpc) is 3.39. The number of hydrogen-bond donors (Lipinski definition) is 0. The van der Waals surface area contributed by atoms with E-state index in [0.717, 1.165) is 16.9 Å². The highest BCUT2D eigenvalue weighted by Crippen LogP contribution is 2.28. The molecule has 0 amide bonds. The molecule has 3 aromatic rings. The van der Waals surface area contributed by atoms with Crippen molar-refractivity contribution in [1.29, 1.82) is 0 Å². The highest BCUT2D eigenvalue weighted by molar-refractivity contribution is 7.89. The molecule has 4 rings (SSSR count). The van der Waals surface area contributed by atoms with Crippen LogP contribution in [-0.2, 0) is 26.1 Å². The number of thiophene rings is 1. The highest BCUT2D eigenvalue weighted by Gasteiger charge is 2.33. The highest BCUT2D eigenvalue weighted by atomic mass is 35.5. The molecule has 2 heterocycles. The molecule has 0 N–H and O–H groups in total. The van der Waals surface area contributed by atoms with Crippen molar-refractivity contribution in [3.63, 3.8) is 0 Å². The number of carbonyl (C=O) groups excluding carboxylic acids is 1. The van der Waals surface area contributed by atoms with Crippen molar-refractivity contribution in [2.24, 2.45) is 0 Å². The molecule has 0 saturated carbocycles. The first kappa shape index (κ1) is 27.6. The molecule has 1 atom stereocenters. The molecule has 0 aliphatic carbocycles. The Hall–Kier alpha value is -2.41. The van der Waals surface area contributed by atoms with E-state index in [4.69, 9.17) is 21.1 Å². The lowest BCUT2D eigenvalue weighted by molar-refractivity contribution is 0.00546. The van der Waals surface area contributed by atoms with E-state index in [9.17, 15) is 22.0 Å². The molecular formula is C25H25ClF2N2O5S2. The maximum Gasteiger partial charge on any atom is 0.349 e. The largest absolute Gasteiger partial charge is 0.465 e. The van der Waals surface area contributed by atoms with Gasteiger partial charge in [-0.2, -0.15) is 4.31 Å². The van der Waals surface area contributed by atoms with E-state index >= 15 is 0 Å². The minimum atomic E-state index is -3.88. The van der Waals surface area contributed by atoms with Crippen LogP contribution in [0, 0.1) is 11.6 Å². The molecule has 0 bridgehead atoms. The second-order valence-electron chi connectivity index (χ2n) is 8.36. The van der Waals surface area contributed by atoms with Crippen LogP contribution in [0.25, 0.3) is 0 Å². The number of benzene rings is 2. The zero-order chi connectivity index (χ0) is 26.6. The summed E-state index contributed by atoms with van der Waals surface area (Å²) in [6, 6.07) is 12.1. The molecule has 1 aliphatic heterocycles. The maximum absolute atomic E-state index is 14.1. The molecule has 1 aromatic heterocycles. The third-order valence-corrected chi connectivity index (χ3v) is 9.32. The fourth-order valence-corrected chi connectivity index (χ4v) is 6.91. The number of sulfonamides is 1. The Kier molecular flexibility index (Phi) is 8.94. The number of methoxy groups -OCH3 is 1. The van der Waals surface area contributed by atoms with Crippen molar-refractivity contribution < 1.29 is 31.5 Å². The molecule has 198 valence electrons. The first-order chi connectivity index (χ1) is 17.7. The van der Waals surface area contributed by atoms with Gasteiger partial charge in [0, 0.05) is 43.3 Å². The fraction of sp³-hybridized carbons (Fsp3) is 0.320. The van der Waals surface area contributed by atoms with Crippen LogP contribution < -0.4 is 0 Å². The maximum atomic E-state index is 14.1. The Labute approximate surface area is 223 Å². The van der Waals surface area contributed by atoms with E-state index in [-0.39, 0.29) is 35.0 Å². The number of ether oxygens (including phenoxy) is 2. The molecule has 2 aromatic carbocycles. The lowest BCUT2D eigenvalue weighted by Gasteiger charge is -2.35. The normalized spacial score (nSPS) is 16.0. The second kappa shape index (κ2) is 12.0. The van der Waals surface area contributed by atoms with E-state index in [2.05, 4.69) is 0 Å². The van der Waals surface area contributed by atoms with Crippen LogP contribution in [-0.4, -0.2) is 63.4 Å². The summed E-state index contributed by atoms with van der Waals surface area (Å²) in [6.07, 6.45) is -0.540. The molecule has 0 unspecified atom stereocenters.